The van der Waals surface area contributed by atoms with E-state index in [1.54, 1.807) is 17.0 Å². The Labute approximate surface area is 206 Å². The first-order valence-electron chi connectivity index (χ1n) is 10.5. The topological polar surface area (TPSA) is 79.2 Å². The van der Waals surface area contributed by atoms with Crippen molar-refractivity contribution in [2.75, 3.05) is 6.54 Å². The standard InChI is InChI=1S/C26H21ClN2O4S/c1-2-29-24(30)23(34-26(29)28-20-8-5-7-18(15-20)25(31)32)14-17-10-12-21(13-11-17)33-16-19-6-3-4-9-22(19)27/h3-15H,2,16H2,1H3,(H,31,32)/b23-14+,28-26?. The van der Waals surface area contributed by atoms with Crippen molar-refractivity contribution in [1.82, 2.24) is 4.90 Å². The minimum Gasteiger partial charge on any atom is -0.489 e. The summed E-state index contributed by atoms with van der Waals surface area (Å²) < 4.78 is 5.82. The lowest BCUT2D eigenvalue weighted by Gasteiger charge is -2.12. The van der Waals surface area contributed by atoms with Crippen LogP contribution in [-0.4, -0.2) is 33.6 Å². The molecule has 3 aromatic rings. The van der Waals surface area contributed by atoms with Gasteiger partial charge < -0.3 is 9.84 Å². The highest BCUT2D eigenvalue weighted by atomic mass is 35.5. The van der Waals surface area contributed by atoms with Crippen molar-refractivity contribution in [3.8, 4) is 5.75 Å². The summed E-state index contributed by atoms with van der Waals surface area (Å²) in [6, 6.07) is 21.3. The minimum absolute atomic E-state index is 0.139. The SMILES string of the molecule is CCN1C(=O)/C(=C\c2ccc(OCc3ccccc3Cl)cc2)SC1=Nc1cccc(C(=O)O)c1. The highest BCUT2D eigenvalue weighted by Crippen LogP contribution is 2.34. The Balaban J connectivity index is 1.49. The van der Waals surface area contributed by atoms with Gasteiger partial charge in [0.1, 0.15) is 12.4 Å². The fraction of sp³-hybridized carbons (Fsp3) is 0.115. The number of amides is 1. The molecule has 0 aromatic heterocycles. The Morgan fingerprint density at radius 1 is 1.12 bits per heavy atom. The number of carboxylic acid groups (broad SMARTS) is 1. The van der Waals surface area contributed by atoms with Crippen molar-refractivity contribution in [2.24, 2.45) is 4.99 Å². The van der Waals surface area contributed by atoms with Crippen LogP contribution in [0, 0.1) is 0 Å². The van der Waals surface area contributed by atoms with Crippen LogP contribution in [0.25, 0.3) is 6.08 Å². The summed E-state index contributed by atoms with van der Waals surface area (Å²) in [4.78, 5) is 30.8. The van der Waals surface area contributed by atoms with Crippen LogP contribution in [0.5, 0.6) is 5.75 Å². The molecule has 3 aromatic carbocycles. The van der Waals surface area contributed by atoms with E-state index in [-0.39, 0.29) is 11.5 Å². The number of benzene rings is 3. The molecule has 1 amide bonds. The maximum absolute atomic E-state index is 12.9. The van der Waals surface area contributed by atoms with E-state index in [1.165, 1.54) is 23.9 Å². The molecule has 0 unspecified atom stereocenters. The van der Waals surface area contributed by atoms with E-state index < -0.39 is 5.97 Å². The highest BCUT2D eigenvalue weighted by molar-refractivity contribution is 8.18. The lowest BCUT2D eigenvalue weighted by molar-refractivity contribution is -0.122. The van der Waals surface area contributed by atoms with E-state index in [4.69, 9.17) is 16.3 Å². The molecule has 1 fully saturated rings. The number of amidine groups is 1. The zero-order valence-electron chi connectivity index (χ0n) is 18.3. The number of nitrogens with zero attached hydrogens (tertiary/aromatic N) is 2. The lowest BCUT2D eigenvalue weighted by atomic mass is 10.2. The first-order valence-corrected chi connectivity index (χ1v) is 11.7. The molecule has 172 valence electrons. The number of carbonyl (C=O) groups excluding carboxylic acids is 1. The molecule has 0 spiro atoms. The van der Waals surface area contributed by atoms with E-state index in [0.717, 1.165) is 11.1 Å². The predicted molar refractivity (Wildman–Crippen MR) is 136 cm³/mol. The van der Waals surface area contributed by atoms with Crippen LogP contribution in [0.3, 0.4) is 0 Å². The number of ether oxygens (including phenoxy) is 1. The number of aromatic carboxylic acids is 1. The van der Waals surface area contributed by atoms with Gasteiger partial charge in [-0.2, -0.15) is 0 Å². The summed E-state index contributed by atoms with van der Waals surface area (Å²) in [6.45, 7) is 2.69. The Kier molecular flexibility index (Phi) is 7.35. The number of hydrogen-bond donors (Lipinski definition) is 1. The molecule has 0 radical (unpaired) electrons. The maximum atomic E-state index is 12.9. The van der Waals surface area contributed by atoms with Crippen molar-refractivity contribution in [2.45, 2.75) is 13.5 Å². The number of hydrogen-bond acceptors (Lipinski definition) is 5. The van der Waals surface area contributed by atoms with Gasteiger partial charge in [0.15, 0.2) is 5.17 Å². The molecule has 0 bridgehead atoms. The van der Waals surface area contributed by atoms with E-state index in [9.17, 15) is 14.7 Å². The van der Waals surface area contributed by atoms with Gasteiger partial charge in [-0.1, -0.05) is 48.0 Å². The summed E-state index contributed by atoms with van der Waals surface area (Å²) >= 11 is 7.43. The van der Waals surface area contributed by atoms with Crippen LogP contribution in [0.2, 0.25) is 5.02 Å². The molecular formula is C26H21ClN2O4S. The molecule has 4 rings (SSSR count). The fourth-order valence-electron chi connectivity index (χ4n) is 3.28. The molecule has 0 atom stereocenters. The van der Waals surface area contributed by atoms with Gasteiger partial charge in [0.25, 0.3) is 5.91 Å². The van der Waals surface area contributed by atoms with Gasteiger partial charge in [-0.25, -0.2) is 9.79 Å². The van der Waals surface area contributed by atoms with Crippen molar-refractivity contribution in [3.05, 3.63) is 99.4 Å². The number of aliphatic imine (C=N–C) groups is 1. The zero-order valence-corrected chi connectivity index (χ0v) is 19.8. The largest absolute Gasteiger partial charge is 0.489 e. The first kappa shape index (κ1) is 23.6. The Morgan fingerprint density at radius 2 is 1.88 bits per heavy atom. The van der Waals surface area contributed by atoms with Crippen LogP contribution in [-0.2, 0) is 11.4 Å². The van der Waals surface area contributed by atoms with Gasteiger partial charge in [0, 0.05) is 17.1 Å². The minimum atomic E-state index is -1.02. The van der Waals surface area contributed by atoms with Crippen LogP contribution in [0.1, 0.15) is 28.4 Å². The van der Waals surface area contributed by atoms with Crippen LogP contribution >= 0.6 is 23.4 Å². The normalized spacial score (nSPS) is 15.8. The molecule has 34 heavy (non-hydrogen) atoms. The molecule has 1 heterocycles. The van der Waals surface area contributed by atoms with Gasteiger partial charge in [0.2, 0.25) is 0 Å². The Bertz CT molecular complexity index is 1290. The van der Waals surface area contributed by atoms with Gasteiger partial charge >= 0.3 is 5.97 Å². The average molecular weight is 493 g/mol. The second-order valence-electron chi connectivity index (χ2n) is 7.36. The van der Waals surface area contributed by atoms with E-state index >= 15 is 0 Å². The van der Waals surface area contributed by atoms with E-state index in [0.29, 0.717) is 39.7 Å². The summed E-state index contributed by atoms with van der Waals surface area (Å²) in [5, 5.41) is 10.4. The highest BCUT2D eigenvalue weighted by Gasteiger charge is 2.32. The Hall–Kier alpha value is -3.55. The van der Waals surface area contributed by atoms with Crippen molar-refractivity contribution in [3.63, 3.8) is 0 Å². The second kappa shape index (κ2) is 10.6. The van der Waals surface area contributed by atoms with Gasteiger partial charge in [-0.15, -0.1) is 0 Å². The van der Waals surface area contributed by atoms with Crippen molar-refractivity contribution in [1.29, 1.82) is 0 Å². The second-order valence-corrected chi connectivity index (χ2v) is 8.78. The number of rotatable bonds is 7. The zero-order chi connectivity index (χ0) is 24.1. The molecule has 1 aliphatic heterocycles. The van der Waals surface area contributed by atoms with E-state index in [1.807, 2.05) is 61.5 Å². The maximum Gasteiger partial charge on any atom is 0.335 e. The molecule has 6 nitrogen and oxygen atoms in total. The molecule has 8 heteroatoms. The smallest absolute Gasteiger partial charge is 0.335 e. The summed E-state index contributed by atoms with van der Waals surface area (Å²) in [6.07, 6.45) is 1.81. The van der Waals surface area contributed by atoms with Crippen molar-refractivity contribution >= 4 is 52.2 Å². The number of carbonyl (C=O) groups is 2. The molecule has 0 saturated carbocycles. The third-order valence-electron chi connectivity index (χ3n) is 5.05. The first-order chi connectivity index (χ1) is 16.4. The van der Waals surface area contributed by atoms with Crippen LogP contribution in [0.15, 0.2) is 82.7 Å². The monoisotopic (exact) mass is 492 g/mol. The molecule has 1 saturated heterocycles. The molecule has 0 aliphatic carbocycles. The predicted octanol–water partition coefficient (Wildman–Crippen LogP) is 6.24. The average Bonchev–Trinajstić information content (AvgIpc) is 3.13. The summed E-state index contributed by atoms with van der Waals surface area (Å²) in [7, 11) is 0. The quantitative estimate of drug-likeness (QED) is 0.395. The fourth-order valence-corrected chi connectivity index (χ4v) is 4.53. The van der Waals surface area contributed by atoms with Crippen LogP contribution in [0.4, 0.5) is 5.69 Å². The third kappa shape index (κ3) is 5.50. The summed E-state index contributed by atoms with van der Waals surface area (Å²) in [5.41, 5.74) is 2.39. The van der Waals surface area contributed by atoms with Gasteiger partial charge in [-0.3, -0.25) is 9.69 Å². The number of halogens is 1. The molecular weight excluding hydrogens is 472 g/mol. The van der Waals surface area contributed by atoms with E-state index in [2.05, 4.69) is 4.99 Å². The van der Waals surface area contributed by atoms with Crippen molar-refractivity contribution < 1.29 is 19.4 Å². The van der Waals surface area contributed by atoms with Gasteiger partial charge in [-0.05, 0) is 66.7 Å². The number of likely N-dealkylation sites (N-methyl/N-ethyl adjacent to an activating group) is 1. The lowest BCUT2D eigenvalue weighted by Crippen LogP contribution is -2.28. The Morgan fingerprint density at radius 3 is 2.59 bits per heavy atom. The number of thioether (sulfide) groups is 1. The molecule has 1 N–H and O–H groups in total. The number of carboxylic acids is 1. The van der Waals surface area contributed by atoms with Gasteiger partial charge in [0.05, 0.1) is 16.2 Å². The third-order valence-corrected chi connectivity index (χ3v) is 6.43. The molecule has 1 aliphatic rings. The summed E-state index contributed by atoms with van der Waals surface area (Å²) in [5.74, 6) is -0.465. The van der Waals surface area contributed by atoms with Crippen LogP contribution < -0.4 is 4.74 Å².